The maximum atomic E-state index is 11.6. The van der Waals surface area contributed by atoms with Crippen molar-refractivity contribution in [2.24, 2.45) is 19.2 Å². The Morgan fingerprint density at radius 3 is 2.45 bits per heavy atom. The average molecular weight is 423 g/mol. The summed E-state index contributed by atoms with van der Waals surface area (Å²) in [6.45, 7) is 0.773. The van der Waals surface area contributed by atoms with E-state index in [1.165, 1.54) is 0 Å². The summed E-state index contributed by atoms with van der Waals surface area (Å²) in [6.07, 6.45) is 2.67. The van der Waals surface area contributed by atoms with Crippen LogP contribution in [0.5, 0.6) is 0 Å². The molecule has 3 aromatic rings. The van der Waals surface area contributed by atoms with Crippen LogP contribution in [-0.2, 0) is 18.9 Å². The van der Waals surface area contributed by atoms with Crippen LogP contribution in [0.3, 0.4) is 0 Å². The van der Waals surface area contributed by atoms with Crippen LogP contribution in [-0.4, -0.2) is 46.9 Å². The average Bonchev–Trinajstić information content (AvgIpc) is 3.02. The van der Waals surface area contributed by atoms with Gasteiger partial charge in [-0.2, -0.15) is 0 Å². The van der Waals surface area contributed by atoms with Gasteiger partial charge in [0, 0.05) is 46.1 Å². The predicted molar refractivity (Wildman–Crippen MR) is 124 cm³/mol. The van der Waals surface area contributed by atoms with Gasteiger partial charge in [0.2, 0.25) is 5.62 Å². The molecular weight excluding hydrogens is 392 g/mol. The molecule has 1 atom stereocenters. The molecule has 2 N–H and O–H groups in total. The lowest BCUT2D eigenvalue weighted by atomic mass is 10.0. The Hall–Kier alpha value is -3.42. The molecule has 0 saturated carbocycles. The number of aromatic nitrogens is 2. The molecule has 31 heavy (non-hydrogen) atoms. The first-order valence-corrected chi connectivity index (χ1v) is 10.6. The van der Waals surface area contributed by atoms with Crippen molar-refractivity contribution in [3.05, 3.63) is 48.1 Å². The van der Waals surface area contributed by atoms with E-state index < -0.39 is 12.0 Å². The van der Waals surface area contributed by atoms with Gasteiger partial charge in [0.05, 0.1) is 16.7 Å². The zero-order valence-corrected chi connectivity index (χ0v) is 18.5. The van der Waals surface area contributed by atoms with Crippen molar-refractivity contribution in [3.8, 4) is 0 Å². The van der Waals surface area contributed by atoms with E-state index in [0.717, 1.165) is 53.1 Å². The fourth-order valence-electron chi connectivity index (χ4n) is 4.27. The van der Waals surface area contributed by atoms with E-state index >= 15 is 0 Å². The van der Waals surface area contributed by atoms with Crippen molar-refractivity contribution >= 4 is 34.1 Å². The van der Waals surface area contributed by atoms with Crippen LogP contribution in [0.25, 0.3) is 11.0 Å². The summed E-state index contributed by atoms with van der Waals surface area (Å²) < 4.78 is 4.12. The lowest BCUT2D eigenvalue weighted by Crippen LogP contribution is -2.44. The summed E-state index contributed by atoms with van der Waals surface area (Å²) >= 11 is 0. The first-order valence-electron chi connectivity index (χ1n) is 10.6. The summed E-state index contributed by atoms with van der Waals surface area (Å²) in [7, 11) is 8.07. The summed E-state index contributed by atoms with van der Waals surface area (Å²) in [5.74, 6) is -0.752. The van der Waals surface area contributed by atoms with Gasteiger partial charge in [-0.25, -0.2) is 4.79 Å². The van der Waals surface area contributed by atoms with Crippen LogP contribution in [0.1, 0.15) is 19.3 Å². The number of nitrogens with one attached hydrogen (secondary N) is 1. The fourth-order valence-corrected chi connectivity index (χ4v) is 4.27. The third kappa shape index (κ3) is 3.97. The molecule has 1 aromatic heterocycles. The van der Waals surface area contributed by atoms with Gasteiger partial charge in [-0.05, 0) is 61.7 Å². The Kier molecular flexibility index (Phi) is 5.63. The van der Waals surface area contributed by atoms with Crippen molar-refractivity contribution in [1.29, 1.82) is 0 Å². The van der Waals surface area contributed by atoms with Crippen molar-refractivity contribution < 1.29 is 9.90 Å². The molecule has 1 fully saturated rings. The number of carboxylic acids is 1. The SMILES string of the molecule is CN(C)c1ccc2c(c1)n(C)c(=NNc1ccc(N3CCCCC3C(=O)O)cc1)n2C. The Morgan fingerprint density at radius 2 is 1.77 bits per heavy atom. The molecule has 0 bridgehead atoms. The minimum absolute atomic E-state index is 0.445. The van der Waals surface area contributed by atoms with Crippen LogP contribution in [0, 0.1) is 0 Å². The van der Waals surface area contributed by atoms with Crippen LogP contribution in [0.4, 0.5) is 17.1 Å². The highest BCUT2D eigenvalue weighted by molar-refractivity contribution is 5.80. The van der Waals surface area contributed by atoms with Crippen molar-refractivity contribution in [2.45, 2.75) is 25.3 Å². The number of fused-ring (bicyclic) bond motifs is 1. The molecule has 164 valence electrons. The number of piperidine rings is 1. The number of hydrogen-bond acceptors (Lipinski definition) is 5. The highest BCUT2D eigenvalue weighted by Crippen LogP contribution is 2.26. The second-order valence-electron chi connectivity index (χ2n) is 8.30. The zero-order chi connectivity index (χ0) is 22.1. The number of carbonyl (C=O) groups is 1. The third-order valence-electron chi connectivity index (χ3n) is 6.07. The van der Waals surface area contributed by atoms with Gasteiger partial charge >= 0.3 is 5.97 Å². The van der Waals surface area contributed by atoms with Crippen molar-refractivity contribution in [1.82, 2.24) is 9.13 Å². The van der Waals surface area contributed by atoms with Crippen LogP contribution in [0.15, 0.2) is 47.6 Å². The Morgan fingerprint density at radius 1 is 1.06 bits per heavy atom. The Labute approximate surface area is 182 Å². The minimum Gasteiger partial charge on any atom is -0.480 e. The molecule has 0 radical (unpaired) electrons. The molecule has 0 spiro atoms. The number of hydrogen-bond donors (Lipinski definition) is 2. The molecule has 0 aliphatic carbocycles. The number of aryl methyl sites for hydroxylation is 2. The monoisotopic (exact) mass is 422 g/mol. The van der Waals surface area contributed by atoms with E-state index in [1.807, 2.05) is 57.4 Å². The molecular formula is C23H30N6O2. The first-order chi connectivity index (χ1) is 14.9. The van der Waals surface area contributed by atoms with Gasteiger partial charge < -0.3 is 24.0 Å². The van der Waals surface area contributed by atoms with Crippen LogP contribution >= 0.6 is 0 Å². The molecule has 4 rings (SSSR count). The van der Waals surface area contributed by atoms with Gasteiger partial charge in [0.1, 0.15) is 6.04 Å². The van der Waals surface area contributed by atoms with Gasteiger partial charge in [0.25, 0.3) is 0 Å². The number of imidazole rings is 1. The summed E-state index contributed by atoms with van der Waals surface area (Å²) in [5.41, 5.74) is 9.09. The van der Waals surface area contributed by atoms with E-state index in [0.29, 0.717) is 6.42 Å². The van der Waals surface area contributed by atoms with E-state index in [-0.39, 0.29) is 0 Å². The maximum Gasteiger partial charge on any atom is 0.326 e. The molecule has 2 heterocycles. The number of anilines is 3. The lowest BCUT2D eigenvalue weighted by Gasteiger charge is -2.34. The van der Waals surface area contributed by atoms with Crippen LogP contribution < -0.4 is 20.8 Å². The molecule has 0 amide bonds. The van der Waals surface area contributed by atoms with Gasteiger partial charge in [0.15, 0.2) is 0 Å². The Balaban J connectivity index is 1.59. The number of aliphatic carboxylic acids is 1. The quantitative estimate of drug-likeness (QED) is 0.618. The zero-order valence-electron chi connectivity index (χ0n) is 18.5. The first kappa shape index (κ1) is 20.8. The molecule has 2 aromatic carbocycles. The molecule has 1 unspecified atom stereocenters. The smallest absolute Gasteiger partial charge is 0.326 e. The fraction of sp³-hybridized carbons (Fsp3) is 0.391. The lowest BCUT2D eigenvalue weighted by molar-refractivity contribution is -0.139. The molecule has 1 aliphatic heterocycles. The largest absolute Gasteiger partial charge is 0.480 e. The standard InChI is InChI=1S/C23H30N6O2/c1-26(2)18-12-13-19-21(15-18)28(4)23(27(19)3)25-24-16-8-10-17(11-9-16)29-14-6-5-7-20(29)22(30)31/h8-13,15,20,24H,5-7,14H2,1-4H3,(H,30,31). The van der Waals surface area contributed by atoms with Gasteiger partial charge in [-0.3, -0.25) is 5.43 Å². The van der Waals surface area contributed by atoms with E-state index in [9.17, 15) is 9.90 Å². The van der Waals surface area contributed by atoms with Crippen LogP contribution in [0.2, 0.25) is 0 Å². The highest BCUT2D eigenvalue weighted by Gasteiger charge is 2.28. The van der Waals surface area contributed by atoms with Gasteiger partial charge in [-0.1, -0.05) is 0 Å². The van der Waals surface area contributed by atoms with Crippen molar-refractivity contribution in [2.75, 3.05) is 35.9 Å². The topological polar surface area (TPSA) is 78.0 Å². The minimum atomic E-state index is -0.752. The molecule has 8 heteroatoms. The van der Waals surface area contributed by atoms with Crippen molar-refractivity contribution in [3.63, 3.8) is 0 Å². The maximum absolute atomic E-state index is 11.6. The second kappa shape index (κ2) is 8.37. The summed E-state index contributed by atoms with van der Waals surface area (Å²) in [4.78, 5) is 15.7. The van der Waals surface area contributed by atoms with Gasteiger partial charge in [-0.15, -0.1) is 5.10 Å². The summed E-state index contributed by atoms with van der Waals surface area (Å²) in [6, 6.07) is 13.7. The molecule has 1 aliphatic rings. The normalized spacial score (nSPS) is 17.2. The van der Waals surface area contributed by atoms with E-state index in [2.05, 4.69) is 42.8 Å². The highest BCUT2D eigenvalue weighted by atomic mass is 16.4. The predicted octanol–water partition coefficient (Wildman–Crippen LogP) is 2.95. The second-order valence-corrected chi connectivity index (χ2v) is 8.30. The molecule has 8 nitrogen and oxygen atoms in total. The number of benzene rings is 2. The number of nitrogens with zero attached hydrogens (tertiary/aromatic N) is 5. The number of carboxylic acid groups (broad SMARTS) is 1. The Bertz CT molecular complexity index is 1160. The third-order valence-corrected chi connectivity index (χ3v) is 6.07. The number of rotatable bonds is 5. The molecule has 1 saturated heterocycles. The summed E-state index contributed by atoms with van der Waals surface area (Å²) in [5, 5.41) is 14.1. The van der Waals surface area contributed by atoms with E-state index in [1.54, 1.807) is 0 Å². The van der Waals surface area contributed by atoms with E-state index in [4.69, 9.17) is 0 Å².